The number of carbonyl (C=O) groups excluding carboxylic acids is 1. The van der Waals surface area contributed by atoms with E-state index in [-0.39, 0.29) is 11.9 Å². The Labute approximate surface area is 111 Å². The summed E-state index contributed by atoms with van der Waals surface area (Å²) in [5, 5.41) is 6.17. The van der Waals surface area contributed by atoms with Crippen LogP contribution in [-0.2, 0) is 4.79 Å². The Morgan fingerprint density at radius 1 is 1.21 bits per heavy atom. The van der Waals surface area contributed by atoms with Crippen LogP contribution in [0.25, 0.3) is 11.0 Å². The number of benzene rings is 1. The van der Waals surface area contributed by atoms with E-state index in [0.717, 1.165) is 42.5 Å². The molecule has 2 aromatic rings. The molecule has 0 aliphatic carbocycles. The quantitative estimate of drug-likeness (QED) is 0.858. The van der Waals surface area contributed by atoms with Gasteiger partial charge in [0.05, 0.1) is 17.1 Å². The van der Waals surface area contributed by atoms with Crippen LogP contribution in [0.3, 0.4) is 0 Å². The lowest BCUT2D eigenvalue weighted by Gasteiger charge is -2.22. The molecule has 2 heterocycles. The van der Waals surface area contributed by atoms with Crippen LogP contribution >= 0.6 is 0 Å². The van der Waals surface area contributed by atoms with Crippen molar-refractivity contribution in [2.24, 2.45) is 0 Å². The van der Waals surface area contributed by atoms with Crippen molar-refractivity contribution in [1.82, 2.24) is 15.3 Å². The topological polar surface area (TPSA) is 66.9 Å². The Hall–Kier alpha value is -2.01. The number of piperidine rings is 1. The molecule has 5 heteroatoms. The van der Waals surface area contributed by atoms with Gasteiger partial charge in [0.1, 0.15) is 0 Å². The standard InChI is InChI=1S/C14H16N4O/c19-14(12-3-1-2-6-15-12)18-10-4-5-11-13(9-10)17-8-7-16-11/h4-5,7-9,12,15H,1-3,6H2,(H,18,19). The zero-order chi connectivity index (χ0) is 13.1. The molecule has 1 aromatic carbocycles. The number of rotatable bonds is 2. The van der Waals surface area contributed by atoms with Gasteiger partial charge in [-0.1, -0.05) is 6.42 Å². The molecule has 0 spiro atoms. The van der Waals surface area contributed by atoms with E-state index < -0.39 is 0 Å². The third kappa shape index (κ3) is 2.71. The van der Waals surface area contributed by atoms with Gasteiger partial charge in [0.2, 0.25) is 5.91 Å². The van der Waals surface area contributed by atoms with Gasteiger partial charge < -0.3 is 10.6 Å². The number of hydrogen-bond acceptors (Lipinski definition) is 4. The molecular weight excluding hydrogens is 240 g/mol. The fraction of sp³-hybridized carbons (Fsp3) is 0.357. The summed E-state index contributed by atoms with van der Waals surface area (Å²) in [5.41, 5.74) is 2.39. The Kier molecular flexibility index (Phi) is 3.37. The maximum atomic E-state index is 12.1. The van der Waals surface area contributed by atoms with Gasteiger partial charge >= 0.3 is 0 Å². The van der Waals surface area contributed by atoms with Crippen LogP contribution in [0.5, 0.6) is 0 Å². The summed E-state index contributed by atoms with van der Waals surface area (Å²) in [4.78, 5) is 20.5. The lowest BCUT2D eigenvalue weighted by molar-refractivity contribution is -0.118. The molecule has 1 amide bonds. The first-order chi connectivity index (χ1) is 9.33. The average Bonchev–Trinajstić information content (AvgIpc) is 2.48. The van der Waals surface area contributed by atoms with Gasteiger partial charge in [-0.3, -0.25) is 14.8 Å². The summed E-state index contributed by atoms with van der Waals surface area (Å²) >= 11 is 0. The third-order valence-electron chi connectivity index (χ3n) is 3.36. The molecule has 1 atom stereocenters. The van der Waals surface area contributed by atoms with Gasteiger partial charge in [-0.05, 0) is 37.6 Å². The highest BCUT2D eigenvalue weighted by Crippen LogP contribution is 2.16. The summed E-state index contributed by atoms with van der Waals surface area (Å²) in [5.74, 6) is 0.0305. The second kappa shape index (κ2) is 5.32. The van der Waals surface area contributed by atoms with Gasteiger partial charge in [0.25, 0.3) is 0 Å². The molecule has 19 heavy (non-hydrogen) atoms. The van der Waals surface area contributed by atoms with Gasteiger partial charge in [0, 0.05) is 18.1 Å². The van der Waals surface area contributed by atoms with Crippen LogP contribution in [-0.4, -0.2) is 28.5 Å². The summed E-state index contributed by atoms with van der Waals surface area (Å²) < 4.78 is 0. The Morgan fingerprint density at radius 2 is 2.05 bits per heavy atom. The highest BCUT2D eigenvalue weighted by Gasteiger charge is 2.20. The number of anilines is 1. The van der Waals surface area contributed by atoms with Crippen molar-refractivity contribution >= 4 is 22.6 Å². The van der Waals surface area contributed by atoms with Gasteiger partial charge in [-0.2, -0.15) is 0 Å². The number of hydrogen-bond donors (Lipinski definition) is 2. The number of fused-ring (bicyclic) bond motifs is 1. The molecule has 0 radical (unpaired) electrons. The molecule has 0 bridgehead atoms. The smallest absolute Gasteiger partial charge is 0.241 e. The van der Waals surface area contributed by atoms with E-state index in [2.05, 4.69) is 20.6 Å². The molecule has 1 aliphatic heterocycles. The van der Waals surface area contributed by atoms with Gasteiger partial charge in [-0.15, -0.1) is 0 Å². The molecule has 1 saturated heterocycles. The molecule has 0 saturated carbocycles. The Morgan fingerprint density at radius 3 is 2.84 bits per heavy atom. The summed E-state index contributed by atoms with van der Waals surface area (Å²) in [6.45, 7) is 0.918. The lowest BCUT2D eigenvalue weighted by Crippen LogP contribution is -2.43. The number of aromatic nitrogens is 2. The van der Waals surface area contributed by atoms with E-state index >= 15 is 0 Å². The summed E-state index contributed by atoms with van der Waals surface area (Å²) in [6.07, 6.45) is 6.46. The minimum atomic E-state index is -0.0775. The molecule has 1 aromatic heterocycles. The van der Waals surface area contributed by atoms with Crippen LogP contribution in [0.4, 0.5) is 5.69 Å². The Balaban J connectivity index is 1.75. The first-order valence-electron chi connectivity index (χ1n) is 6.58. The first-order valence-corrected chi connectivity index (χ1v) is 6.58. The van der Waals surface area contributed by atoms with Crippen LogP contribution in [0.2, 0.25) is 0 Å². The van der Waals surface area contributed by atoms with Gasteiger partial charge in [0.15, 0.2) is 0 Å². The minimum absolute atomic E-state index is 0.0305. The van der Waals surface area contributed by atoms with Crippen LogP contribution in [0, 0.1) is 0 Å². The fourth-order valence-corrected chi connectivity index (χ4v) is 2.35. The fourth-order valence-electron chi connectivity index (χ4n) is 2.35. The van der Waals surface area contributed by atoms with E-state index in [1.165, 1.54) is 0 Å². The summed E-state index contributed by atoms with van der Waals surface area (Å²) in [7, 11) is 0. The van der Waals surface area contributed by atoms with E-state index in [4.69, 9.17) is 0 Å². The van der Waals surface area contributed by atoms with Crippen molar-refractivity contribution < 1.29 is 4.79 Å². The first kappa shape index (κ1) is 12.0. The average molecular weight is 256 g/mol. The maximum Gasteiger partial charge on any atom is 0.241 e. The zero-order valence-electron chi connectivity index (χ0n) is 10.6. The molecule has 3 rings (SSSR count). The zero-order valence-corrected chi connectivity index (χ0v) is 10.6. The van der Waals surface area contributed by atoms with Crippen molar-refractivity contribution in [1.29, 1.82) is 0 Å². The minimum Gasteiger partial charge on any atom is -0.325 e. The largest absolute Gasteiger partial charge is 0.325 e. The molecule has 98 valence electrons. The normalized spacial score (nSPS) is 19.3. The van der Waals surface area contributed by atoms with Crippen molar-refractivity contribution in [2.45, 2.75) is 25.3 Å². The molecular formula is C14H16N4O. The highest BCUT2D eigenvalue weighted by molar-refractivity contribution is 5.96. The lowest BCUT2D eigenvalue weighted by atomic mass is 10.0. The van der Waals surface area contributed by atoms with Crippen molar-refractivity contribution in [3.63, 3.8) is 0 Å². The molecule has 5 nitrogen and oxygen atoms in total. The monoisotopic (exact) mass is 256 g/mol. The molecule has 1 unspecified atom stereocenters. The van der Waals surface area contributed by atoms with E-state index in [1.54, 1.807) is 12.4 Å². The van der Waals surface area contributed by atoms with E-state index in [0.29, 0.717) is 0 Å². The predicted molar refractivity (Wildman–Crippen MR) is 73.8 cm³/mol. The number of carbonyl (C=O) groups is 1. The van der Waals surface area contributed by atoms with Gasteiger partial charge in [-0.25, -0.2) is 0 Å². The SMILES string of the molecule is O=C(Nc1ccc2nccnc2c1)C1CCCCN1. The second-order valence-electron chi connectivity index (χ2n) is 4.75. The molecule has 2 N–H and O–H groups in total. The highest BCUT2D eigenvalue weighted by atomic mass is 16.2. The van der Waals surface area contributed by atoms with Crippen LogP contribution < -0.4 is 10.6 Å². The van der Waals surface area contributed by atoms with Crippen molar-refractivity contribution in [2.75, 3.05) is 11.9 Å². The predicted octanol–water partition coefficient (Wildman–Crippen LogP) is 1.71. The maximum absolute atomic E-state index is 12.1. The third-order valence-corrected chi connectivity index (χ3v) is 3.36. The molecule has 1 fully saturated rings. The van der Waals surface area contributed by atoms with Crippen LogP contribution in [0.1, 0.15) is 19.3 Å². The number of nitrogens with one attached hydrogen (secondary N) is 2. The molecule has 1 aliphatic rings. The Bertz CT molecular complexity index is 593. The van der Waals surface area contributed by atoms with E-state index in [9.17, 15) is 4.79 Å². The van der Waals surface area contributed by atoms with E-state index in [1.807, 2.05) is 18.2 Å². The second-order valence-corrected chi connectivity index (χ2v) is 4.75. The van der Waals surface area contributed by atoms with Crippen molar-refractivity contribution in [3.05, 3.63) is 30.6 Å². The van der Waals surface area contributed by atoms with Crippen LogP contribution in [0.15, 0.2) is 30.6 Å². The summed E-state index contributed by atoms with van der Waals surface area (Å²) in [6, 6.07) is 5.50. The number of amides is 1. The number of nitrogens with zero attached hydrogens (tertiary/aromatic N) is 2. The van der Waals surface area contributed by atoms with Crippen molar-refractivity contribution in [3.8, 4) is 0 Å².